The van der Waals surface area contributed by atoms with Gasteiger partial charge in [0.15, 0.2) is 0 Å². The van der Waals surface area contributed by atoms with Crippen molar-refractivity contribution in [3.8, 4) is 0 Å². The van der Waals surface area contributed by atoms with Gasteiger partial charge in [-0.2, -0.15) is 0 Å². The standard InChI is InChI=1S/C9H7Cl2NO3/c1-4(13)12-6-3-2-5(10)8(11)7(6)9(14)15/h2-3H,1H3,(H,12,13)(H,14,15). The van der Waals surface area contributed by atoms with Gasteiger partial charge >= 0.3 is 5.97 Å². The van der Waals surface area contributed by atoms with Crippen LogP contribution in [-0.4, -0.2) is 17.0 Å². The quantitative estimate of drug-likeness (QED) is 0.845. The van der Waals surface area contributed by atoms with E-state index in [-0.39, 0.29) is 27.2 Å². The Hall–Kier alpha value is -1.26. The first-order valence-electron chi connectivity index (χ1n) is 3.92. The normalized spacial score (nSPS) is 9.80. The third kappa shape index (κ3) is 2.61. The molecule has 0 aliphatic carbocycles. The van der Waals surface area contributed by atoms with Gasteiger partial charge in [0.05, 0.1) is 15.7 Å². The molecule has 0 saturated carbocycles. The summed E-state index contributed by atoms with van der Waals surface area (Å²) in [5, 5.41) is 11.3. The van der Waals surface area contributed by atoms with Crippen LogP contribution in [0.1, 0.15) is 17.3 Å². The summed E-state index contributed by atoms with van der Waals surface area (Å²) in [5.74, 6) is -1.62. The molecule has 0 atom stereocenters. The lowest BCUT2D eigenvalue weighted by Gasteiger charge is -2.08. The van der Waals surface area contributed by atoms with Gasteiger partial charge in [-0.1, -0.05) is 23.2 Å². The largest absolute Gasteiger partial charge is 0.478 e. The van der Waals surface area contributed by atoms with Gasteiger partial charge in [0.25, 0.3) is 0 Å². The smallest absolute Gasteiger partial charge is 0.339 e. The van der Waals surface area contributed by atoms with Crippen molar-refractivity contribution in [2.24, 2.45) is 0 Å². The number of nitrogens with one attached hydrogen (secondary N) is 1. The van der Waals surface area contributed by atoms with E-state index in [1.54, 1.807) is 0 Å². The average Bonchev–Trinajstić information content (AvgIpc) is 2.10. The molecule has 1 rings (SSSR count). The summed E-state index contributed by atoms with van der Waals surface area (Å²) in [6.07, 6.45) is 0. The summed E-state index contributed by atoms with van der Waals surface area (Å²) in [4.78, 5) is 21.7. The maximum atomic E-state index is 10.9. The number of amides is 1. The van der Waals surface area contributed by atoms with E-state index in [2.05, 4.69) is 5.32 Å². The Kier molecular flexibility index (Phi) is 3.55. The van der Waals surface area contributed by atoms with Crippen LogP contribution in [0.15, 0.2) is 12.1 Å². The number of rotatable bonds is 2. The zero-order valence-corrected chi connectivity index (χ0v) is 9.19. The van der Waals surface area contributed by atoms with Crippen molar-refractivity contribution in [2.75, 3.05) is 5.32 Å². The zero-order chi connectivity index (χ0) is 11.6. The van der Waals surface area contributed by atoms with Crippen LogP contribution in [0.2, 0.25) is 10.0 Å². The summed E-state index contributed by atoms with van der Waals surface area (Å²) < 4.78 is 0. The van der Waals surface area contributed by atoms with E-state index < -0.39 is 5.97 Å². The summed E-state index contributed by atoms with van der Waals surface area (Å²) in [5.41, 5.74) is -0.0798. The number of anilines is 1. The molecule has 0 aliphatic rings. The maximum absolute atomic E-state index is 10.9. The van der Waals surface area contributed by atoms with E-state index in [0.717, 1.165) is 0 Å². The molecule has 4 nitrogen and oxygen atoms in total. The van der Waals surface area contributed by atoms with Crippen molar-refractivity contribution in [3.05, 3.63) is 27.7 Å². The number of halogens is 2. The van der Waals surface area contributed by atoms with Crippen molar-refractivity contribution < 1.29 is 14.7 Å². The first-order valence-corrected chi connectivity index (χ1v) is 4.68. The number of hydrogen-bond donors (Lipinski definition) is 2. The third-order valence-electron chi connectivity index (χ3n) is 1.62. The number of carboxylic acid groups (broad SMARTS) is 1. The van der Waals surface area contributed by atoms with Crippen molar-refractivity contribution in [3.63, 3.8) is 0 Å². The molecule has 0 bridgehead atoms. The number of carbonyl (C=O) groups is 2. The highest BCUT2D eigenvalue weighted by Gasteiger charge is 2.17. The fourth-order valence-electron chi connectivity index (χ4n) is 1.05. The number of carbonyl (C=O) groups excluding carboxylic acids is 1. The summed E-state index contributed by atoms with van der Waals surface area (Å²) >= 11 is 11.4. The monoisotopic (exact) mass is 247 g/mol. The van der Waals surface area contributed by atoms with Gasteiger partial charge in [0.1, 0.15) is 5.56 Å². The van der Waals surface area contributed by atoms with Gasteiger partial charge in [-0.15, -0.1) is 0 Å². The van der Waals surface area contributed by atoms with Gasteiger partial charge in [-0.25, -0.2) is 4.79 Å². The SMILES string of the molecule is CC(=O)Nc1ccc(Cl)c(Cl)c1C(=O)O. The van der Waals surface area contributed by atoms with Crippen LogP contribution in [0, 0.1) is 0 Å². The number of aromatic carboxylic acids is 1. The molecular formula is C9H7Cl2NO3. The summed E-state index contributed by atoms with van der Waals surface area (Å²) in [7, 11) is 0. The van der Waals surface area contributed by atoms with Crippen molar-refractivity contribution >= 4 is 40.8 Å². The first kappa shape index (κ1) is 11.8. The molecule has 80 valence electrons. The van der Waals surface area contributed by atoms with Crippen LogP contribution in [0.3, 0.4) is 0 Å². The lowest BCUT2D eigenvalue weighted by atomic mass is 10.1. The fraction of sp³-hybridized carbons (Fsp3) is 0.111. The second-order valence-electron chi connectivity index (χ2n) is 2.77. The molecule has 0 aromatic heterocycles. The van der Waals surface area contributed by atoms with Crippen LogP contribution in [-0.2, 0) is 4.79 Å². The number of carboxylic acids is 1. The van der Waals surface area contributed by atoms with Crippen LogP contribution >= 0.6 is 23.2 Å². The Labute approximate surface area is 95.8 Å². The Balaban J connectivity index is 3.33. The second kappa shape index (κ2) is 4.51. The molecule has 1 aromatic rings. The highest BCUT2D eigenvalue weighted by molar-refractivity contribution is 6.44. The highest BCUT2D eigenvalue weighted by atomic mass is 35.5. The van der Waals surface area contributed by atoms with E-state index in [9.17, 15) is 9.59 Å². The van der Waals surface area contributed by atoms with Crippen LogP contribution in [0.25, 0.3) is 0 Å². The molecular weight excluding hydrogens is 241 g/mol. The predicted octanol–water partition coefficient (Wildman–Crippen LogP) is 2.65. The molecule has 0 fully saturated rings. The minimum absolute atomic E-state index is 0.0876. The first-order chi connectivity index (χ1) is 6.93. The minimum atomic E-state index is -1.24. The van der Waals surface area contributed by atoms with Crippen LogP contribution in [0.5, 0.6) is 0 Å². The van der Waals surface area contributed by atoms with Gasteiger partial charge in [-0.3, -0.25) is 4.79 Å². The Morgan fingerprint density at radius 1 is 1.33 bits per heavy atom. The van der Waals surface area contributed by atoms with E-state index in [1.807, 2.05) is 0 Å². The molecule has 0 radical (unpaired) electrons. The molecule has 2 N–H and O–H groups in total. The lowest BCUT2D eigenvalue weighted by molar-refractivity contribution is -0.114. The Bertz CT molecular complexity index is 432. The molecule has 1 amide bonds. The topological polar surface area (TPSA) is 66.4 Å². The molecule has 0 saturated heterocycles. The number of hydrogen-bond acceptors (Lipinski definition) is 2. The fourth-order valence-corrected chi connectivity index (χ4v) is 1.46. The zero-order valence-electron chi connectivity index (χ0n) is 7.67. The Morgan fingerprint density at radius 3 is 2.40 bits per heavy atom. The molecule has 6 heteroatoms. The second-order valence-corrected chi connectivity index (χ2v) is 3.56. The van der Waals surface area contributed by atoms with Crippen LogP contribution in [0.4, 0.5) is 5.69 Å². The maximum Gasteiger partial charge on any atom is 0.339 e. The van der Waals surface area contributed by atoms with E-state index in [0.29, 0.717) is 0 Å². The van der Waals surface area contributed by atoms with E-state index in [4.69, 9.17) is 28.3 Å². The van der Waals surface area contributed by atoms with Gasteiger partial charge in [0, 0.05) is 6.92 Å². The Morgan fingerprint density at radius 2 is 1.93 bits per heavy atom. The third-order valence-corrected chi connectivity index (χ3v) is 2.42. The molecule has 0 spiro atoms. The van der Waals surface area contributed by atoms with E-state index >= 15 is 0 Å². The van der Waals surface area contributed by atoms with Crippen LogP contribution < -0.4 is 5.32 Å². The molecule has 15 heavy (non-hydrogen) atoms. The number of benzene rings is 1. The lowest BCUT2D eigenvalue weighted by Crippen LogP contribution is -2.11. The summed E-state index contributed by atoms with van der Waals surface area (Å²) in [6.45, 7) is 1.27. The van der Waals surface area contributed by atoms with Crippen molar-refractivity contribution in [2.45, 2.75) is 6.92 Å². The molecule has 1 aromatic carbocycles. The van der Waals surface area contributed by atoms with Crippen molar-refractivity contribution in [1.82, 2.24) is 0 Å². The van der Waals surface area contributed by atoms with Gasteiger partial charge in [-0.05, 0) is 12.1 Å². The molecule has 0 unspecified atom stereocenters. The average molecular weight is 248 g/mol. The highest BCUT2D eigenvalue weighted by Crippen LogP contribution is 2.31. The van der Waals surface area contributed by atoms with Crippen molar-refractivity contribution in [1.29, 1.82) is 0 Å². The minimum Gasteiger partial charge on any atom is -0.478 e. The van der Waals surface area contributed by atoms with Gasteiger partial charge in [0.2, 0.25) is 5.91 Å². The van der Waals surface area contributed by atoms with E-state index in [1.165, 1.54) is 19.1 Å². The van der Waals surface area contributed by atoms with Gasteiger partial charge < -0.3 is 10.4 Å². The predicted molar refractivity (Wildman–Crippen MR) is 57.7 cm³/mol. The summed E-state index contributed by atoms with van der Waals surface area (Å²) in [6, 6.07) is 2.81. The molecule has 0 heterocycles. The molecule has 0 aliphatic heterocycles.